The zero-order valence-electron chi connectivity index (χ0n) is 10.7. The SMILES string of the molecule is CC(CCN)N1CCC(N2CCCCC2)C1. The number of nitrogens with two attached hydrogens (primary N) is 1. The van der Waals surface area contributed by atoms with Crippen LogP contribution in [0.2, 0.25) is 0 Å². The second-order valence-electron chi connectivity index (χ2n) is 5.46. The number of nitrogens with zero attached hydrogens (tertiary/aromatic N) is 2. The van der Waals surface area contributed by atoms with E-state index in [2.05, 4.69) is 16.7 Å². The minimum Gasteiger partial charge on any atom is -0.330 e. The standard InChI is InChI=1S/C13H27N3/c1-12(5-7-14)16-10-6-13(11-16)15-8-3-2-4-9-15/h12-13H,2-11,14H2,1H3. The van der Waals surface area contributed by atoms with Crippen molar-refractivity contribution in [3.8, 4) is 0 Å². The van der Waals surface area contributed by atoms with Gasteiger partial charge in [0.25, 0.3) is 0 Å². The van der Waals surface area contributed by atoms with Gasteiger partial charge in [-0.15, -0.1) is 0 Å². The van der Waals surface area contributed by atoms with Gasteiger partial charge in [-0.1, -0.05) is 6.42 Å². The minimum absolute atomic E-state index is 0.680. The Morgan fingerprint density at radius 2 is 1.94 bits per heavy atom. The van der Waals surface area contributed by atoms with Crippen molar-refractivity contribution in [2.45, 2.75) is 51.1 Å². The predicted molar refractivity (Wildman–Crippen MR) is 68.5 cm³/mol. The third-order valence-corrected chi connectivity index (χ3v) is 4.31. The lowest BCUT2D eigenvalue weighted by atomic mass is 10.1. The molecular weight excluding hydrogens is 198 g/mol. The first-order valence-corrected chi connectivity index (χ1v) is 6.99. The Morgan fingerprint density at radius 1 is 1.19 bits per heavy atom. The summed E-state index contributed by atoms with van der Waals surface area (Å²) < 4.78 is 0. The summed E-state index contributed by atoms with van der Waals surface area (Å²) in [4.78, 5) is 5.35. The quantitative estimate of drug-likeness (QED) is 0.782. The summed E-state index contributed by atoms with van der Waals surface area (Å²) in [6, 6.07) is 1.51. The molecule has 2 aliphatic rings. The molecule has 0 spiro atoms. The van der Waals surface area contributed by atoms with E-state index in [4.69, 9.17) is 5.73 Å². The van der Waals surface area contributed by atoms with Gasteiger partial charge >= 0.3 is 0 Å². The Hall–Kier alpha value is -0.120. The maximum Gasteiger partial charge on any atom is 0.0235 e. The molecule has 16 heavy (non-hydrogen) atoms. The highest BCUT2D eigenvalue weighted by atomic mass is 15.3. The second kappa shape index (κ2) is 5.99. The smallest absolute Gasteiger partial charge is 0.0235 e. The lowest BCUT2D eigenvalue weighted by Gasteiger charge is -2.33. The molecule has 2 atom stereocenters. The topological polar surface area (TPSA) is 32.5 Å². The highest BCUT2D eigenvalue weighted by Crippen LogP contribution is 2.22. The molecule has 2 saturated heterocycles. The zero-order valence-corrected chi connectivity index (χ0v) is 10.7. The molecule has 2 N–H and O–H groups in total. The number of hydrogen-bond donors (Lipinski definition) is 1. The highest BCUT2D eigenvalue weighted by Gasteiger charge is 2.30. The van der Waals surface area contributed by atoms with E-state index in [9.17, 15) is 0 Å². The van der Waals surface area contributed by atoms with Crippen LogP contribution in [-0.2, 0) is 0 Å². The van der Waals surface area contributed by atoms with E-state index in [-0.39, 0.29) is 0 Å². The molecule has 0 aromatic heterocycles. The third kappa shape index (κ3) is 2.96. The van der Waals surface area contributed by atoms with Gasteiger partial charge < -0.3 is 5.73 Å². The van der Waals surface area contributed by atoms with Crippen LogP contribution in [0.3, 0.4) is 0 Å². The summed E-state index contributed by atoms with van der Waals surface area (Å²) in [6.07, 6.45) is 6.78. The van der Waals surface area contributed by atoms with Crippen LogP contribution in [0.1, 0.15) is 39.0 Å². The number of likely N-dealkylation sites (tertiary alicyclic amines) is 2. The van der Waals surface area contributed by atoms with E-state index in [1.54, 1.807) is 0 Å². The van der Waals surface area contributed by atoms with Gasteiger partial charge in [0.15, 0.2) is 0 Å². The van der Waals surface area contributed by atoms with Gasteiger partial charge in [-0.3, -0.25) is 9.80 Å². The van der Waals surface area contributed by atoms with Crippen LogP contribution in [0.25, 0.3) is 0 Å². The average molecular weight is 225 g/mol. The van der Waals surface area contributed by atoms with Crippen molar-refractivity contribution in [1.82, 2.24) is 9.80 Å². The monoisotopic (exact) mass is 225 g/mol. The summed E-state index contributed by atoms with van der Waals surface area (Å²) in [7, 11) is 0. The Balaban J connectivity index is 1.78. The predicted octanol–water partition coefficient (Wildman–Crippen LogP) is 1.28. The van der Waals surface area contributed by atoms with E-state index in [0.717, 1.165) is 19.0 Å². The molecule has 0 amide bonds. The van der Waals surface area contributed by atoms with Crippen LogP contribution in [0.4, 0.5) is 0 Å². The molecular formula is C13H27N3. The van der Waals surface area contributed by atoms with E-state index in [0.29, 0.717) is 6.04 Å². The molecule has 0 aromatic rings. The van der Waals surface area contributed by atoms with Gasteiger partial charge in [0, 0.05) is 25.2 Å². The first-order chi connectivity index (χ1) is 7.81. The fourth-order valence-corrected chi connectivity index (χ4v) is 3.17. The summed E-state index contributed by atoms with van der Waals surface area (Å²) in [5.41, 5.74) is 5.64. The Kier molecular flexibility index (Phi) is 4.62. The number of rotatable bonds is 4. The molecule has 0 aliphatic carbocycles. The Bertz CT molecular complexity index is 201. The van der Waals surface area contributed by atoms with Crippen LogP contribution in [0.5, 0.6) is 0 Å². The molecule has 2 heterocycles. The molecule has 2 unspecified atom stereocenters. The molecule has 2 aliphatic heterocycles. The van der Waals surface area contributed by atoms with Crippen molar-refractivity contribution in [3.63, 3.8) is 0 Å². The van der Waals surface area contributed by atoms with Crippen molar-refractivity contribution in [3.05, 3.63) is 0 Å². The zero-order chi connectivity index (χ0) is 11.4. The Labute approximate surface area is 100.0 Å². The van der Waals surface area contributed by atoms with Gasteiger partial charge in [-0.05, 0) is 52.2 Å². The summed E-state index contributed by atoms with van der Waals surface area (Å²) in [5.74, 6) is 0. The van der Waals surface area contributed by atoms with Gasteiger partial charge in [0.2, 0.25) is 0 Å². The van der Waals surface area contributed by atoms with Gasteiger partial charge in [0.05, 0.1) is 0 Å². The van der Waals surface area contributed by atoms with Crippen molar-refractivity contribution < 1.29 is 0 Å². The van der Waals surface area contributed by atoms with E-state index in [1.165, 1.54) is 51.9 Å². The largest absolute Gasteiger partial charge is 0.330 e. The molecule has 2 rings (SSSR count). The maximum atomic E-state index is 5.64. The van der Waals surface area contributed by atoms with E-state index >= 15 is 0 Å². The first-order valence-electron chi connectivity index (χ1n) is 6.99. The van der Waals surface area contributed by atoms with Crippen molar-refractivity contribution >= 4 is 0 Å². The minimum atomic E-state index is 0.680. The molecule has 0 aromatic carbocycles. The molecule has 0 bridgehead atoms. The van der Waals surface area contributed by atoms with Gasteiger partial charge in [-0.2, -0.15) is 0 Å². The second-order valence-corrected chi connectivity index (χ2v) is 5.46. The van der Waals surface area contributed by atoms with Gasteiger partial charge in [0.1, 0.15) is 0 Å². The highest BCUT2D eigenvalue weighted by molar-refractivity contribution is 4.86. The van der Waals surface area contributed by atoms with Crippen molar-refractivity contribution in [2.24, 2.45) is 5.73 Å². The summed E-state index contributed by atoms with van der Waals surface area (Å²) in [6.45, 7) is 8.38. The van der Waals surface area contributed by atoms with Crippen LogP contribution in [0, 0.1) is 0 Å². The molecule has 94 valence electrons. The average Bonchev–Trinajstić information content (AvgIpc) is 2.80. The van der Waals surface area contributed by atoms with Crippen molar-refractivity contribution in [2.75, 3.05) is 32.7 Å². The van der Waals surface area contributed by atoms with Crippen molar-refractivity contribution in [1.29, 1.82) is 0 Å². The molecule has 0 saturated carbocycles. The molecule has 3 nitrogen and oxygen atoms in total. The van der Waals surface area contributed by atoms with E-state index < -0.39 is 0 Å². The van der Waals surface area contributed by atoms with Crippen LogP contribution >= 0.6 is 0 Å². The first kappa shape index (κ1) is 12.3. The number of piperidine rings is 1. The van der Waals surface area contributed by atoms with Gasteiger partial charge in [-0.25, -0.2) is 0 Å². The maximum absolute atomic E-state index is 5.64. The fraction of sp³-hybridized carbons (Fsp3) is 1.00. The summed E-state index contributed by atoms with van der Waals surface area (Å²) in [5, 5.41) is 0. The van der Waals surface area contributed by atoms with Crippen LogP contribution < -0.4 is 5.73 Å². The van der Waals surface area contributed by atoms with Crippen LogP contribution in [0.15, 0.2) is 0 Å². The number of hydrogen-bond acceptors (Lipinski definition) is 3. The summed E-state index contributed by atoms with van der Waals surface area (Å²) >= 11 is 0. The fourth-order valence-electron chi connectivity index (χ4n) is 3.17. The molecule has 0 radical (unpaired) electrons. The Morgan fingerprint density at radius 3 is 2.62 bits per heavy atom. The van der Waals surface area contributed by atoms with E-state index in [1.807, 2.05) is 0 Å². The lowest BCUT2D eigenvalue weighted by Crippen LogP contribution is -2.42. The lowest BCUT2D eigenvalue weighted by molar-refractivity contribution is 0.153. The normalized spacial score (nSPS) is 30.8. The third-order valence-electron chi connectivity index (χ3n) is 4.31. The molecule has 2 fully saturated rings. The molecule has 3 heteroatoms. The van der Waals surface area contributed by atoms with Crippen LogP contribution in [-0.4, -0.2) is 54.6 Å².